The molecule has 2 fully saturated rings. The number of rotatable bonds is 2. The Hall–Kier alpha value is -1.01. The number of hydrogen-bond acceptors (Lipinski definition) is 3. The second-order valence-corrected chi connectivity index (χ2v) is 5.75. The molecule has 1 aromatic rings. The van der Waals surface area contributed by atoms with Gasteiger partial charge in [-0.2, -0.15) is 13.2 Å². The van der Waals surface area contributed by atoms with Crippen molar-refractivity contribution in [3.8, 4) is 5.88 Å². The molecule has 0 radical (unpaired) electrons. The van der Waals surface area contributed by atoms with Crippen LogP contribution in [0.2, 0.25) is 0 Å². The van der Waals surface area contributed by atoms with Crippen molar-refractivity contribution in [1.82, 2.24) is 10.3 Å². The quantitative estimate of drug-likeness (QED) is 0.905. The van der Waals surface area contributed by atoms with Crippen LogP contribution in [-0.2, 0) is 6.18 Å². The fraction of sp³-hybridized carbons (Fsp3) is 0.643. The Balaban J connectivity index is 0.00000161. The lowest BCUT2D eigenvalue weighted by Crippen LogP contribution is -2.50. The van der Waals surface area contributed by atoms with Gasteiger partial charge in [-0.15, -0.1) is 12.4 Å². The molecule has 3 nitrogen and oxygen atoms in total. The lowest BCUT2D eigenvalue weighted by Gasteiger charge is -2.49. The maximum atomic E-state index is 12.8. The van der Waals surface area contributed by atoms with Crippen molar-refractivity contribution in [3.05, 3.63) is 23.9 Å². The van der Waals surface area contributed by atoms with Crippen molar-refractivity contribution in [3.63, 3.8) is 0 Å². The molecule has 2 aliphatic rings. The number of aromatic nitrogens is 1. The molecule has 0 aromatic carbocycles. The molecule has 21 heavy (non-hydrogen) atoms. The Morgan fingerprint density at radius 2 is 1.90 bits per heavy atom. The van der Waals surface area contributed by atoms with E-state index in [1.54, 1.807) is 0 Å². The molecular weight excluding hydrogens is 305 g/mol. The first-order chi connectivity index (χ1) is 9.49. The highest BCUT2D eigenvalue weighted by atomic mass is 35.5. The van der Waals surface area contributed by atoms with E-state index in [9.17, 15) is 13.2 Å². The molecule has 1 N–H and O–H groups in total. The van der Waals surface area contributed by atoms with E-state index in [-0.39, 0.29) is 29.8 Å². The van der Waals surface area contributed by atoms with E-state index in [0.29, 0.717) is 0 Å². The number of alkyl halides is 3. The van der Waals surface area contributed by atoms with Crippen molar-refractivity contribution >= 4 is 12.4 Å². The van der Waals surface area contributed by atoms with Crippen LogP contribution in [0.4, 0.5) is 13.2 Å². The molecule has 2 heterocycles. The monoisotopic (exact) mass is 322 g/mol. The number of nitrogens with zero attached hydrogens (tertiary/aromatic N) is 1. The number of hydrogen-bond donors (Lipinski definition) is 1. The molecule has 118 valence electrons. The molecule has 1 spiro atoms. The van der Waals surface area contributed by atoms with Gasteiger partial charge in [-0.1, -0.05) is 0 Å². The summed E-state index contributed by atoms with van der Waals surface area (Å²) in [7, 11) is 0. The average molecular weight is 323 g/mol. The smallest absolute Gasteiger partial charge is 0.421 e. The van der Waals surface area contributed by atoms with Gasteiger partial charge in [0.05, 0.1) is 0 Å². The van der Waals surface area contributed by atoms with Crippen molar-refractivity contribution in [2.75, 3.05) is 13.1 Å². The maximum absolute atomic E-state index is 12.8. The minimum Gasteiger partial charge on any atom is -0.474 e. The lowest BCUT2D eigenvalue weighted by atomic mass is 9.62. The van der Waals surface area contributed by atoms with Crippen molar-refractivity contribution in [2.45, 2.75) is 38.0 Å². The fourth-order valence-electron chi connectivity index (χ4n) is 3.21. The van der Waals surface area contributed by atoms with Crippen LogP contribution in [-0.4, -0.2) is 24.2 Å². The van der Waals surface area contributed by atoms with Gasteiger partial charge in [0.1, 0.15) is 11.7 Å². The van der Waals surface area contributed by atoms with Gasteiger partial charge < -0.3 is 10.1 Å². The highest BCUT2D eigenvalue weighted by Gasteiger charge is 2.46. The molecule has 0 bridgehead atoms. The third kappa shape index (κ3) is 3.43. The maximum Gasteiger partial charge on any atom is 0.421 e. The van der Waals surface area contributed by atoms with Crippen molar-refractivity contribution in [2.24, 2.45) is 5.41 Å². The largest absolute Gasteiger partial charge is 0.474 e. The molecule has 1 aromatic heterocycles. The fourth-order valence-corrected chi connectivity index (χ4v) is 3.21. The third-order valence-corrected chi connectivity index (χ3v) is 4.34. The SMILES string of the molecule is Cl.FC(F)(F)c1cccnc1OC1CC2(CCNCC2)C1. The Kier molecular flexibility index (Phi) is 4.68. The molecule has 1 aliphatic carbocycles. The first-order valence-electron chi connectivity index (χ1n) is 6.88. The van der Waals surface area contributed by atoms with E-state index in [1.807, 2.05) is 0 Å². The van der Waals surface area contributed by atoms with Gasteiger partial charge in [0.25, 0.3) is 0 Å². The van der Waals surface area contributed by atoms with Gasteiger partial charge in [-0.05, 0) is 56.3 Å². The van der Waals surface area contributed by atoms with Gasteiger partial charge in [0, 0.05) is 6.20 Å². The number of piperidine rings is 1. The molecule has 1 saturated carbocycles. The highest BCUT2D eigenvalue weighted by Crippen LogP contribution is 2.49. The summed E-state index contributed by atoms with van der Waals surface area (Å²) in [5, 5.41) is 3.30. The minimum absolute atomic E-state index is 0. The normalized spacial score (nSPS) is 21.5. The summed E-state index contributed by atoms with van der Waals surface area (Å²) in [6.07, 6.45) is 0.626. The van der Waals surface area contributed by atoms with Gasteiger partial charge in [0.2, 0.25) is 5.88 Å². The van der Waals surface area contributed by atoms with E-state index in [4.69, 9.17) is 4.74 Å². The molecular formula is C14H18ClF3N2O. The topological polar surface area (TPSA) is 34.1 Å². The summed E-state index contributed by atoms with van der Waals surface area (Å²) in [6, 6.07) is 2.30. The Bertz CT molecular complexity index is 481. The number of pyridine rings is 1. The summed E-state index contributed by atoms with van der Waals surface area (Å²) < 4.78 is 44.0. The van der Waals surface area contributed by atoms with Crippen LogP contribution < -0.4 is 10.1 Å². The summed E-state index contributed by atoms with van der Waals surface area (Å²) in [5.41, 5.74) is -0.505. The van der Waals surface area contributed by atoms with Gasteiger partial charge >= 0.3 is 6.18 Å². The summed E-state index contributed by atoms with van der Waals surface area (Å²) >= 11 is 0. The lowest BCUT2D eigenvalue weighted by molar-refractivity contribution is -0.141. The Morgan fingerprint density at radius 3 is 2.52 bits per heavy atom. The zero-order valence-electron chi connectivity index (χ0n) is 11.4. The van der Waals surface area contributed by atoms with Crippen LogP contribution in [0.5, 0.6) is 5.88 Å². The molecule has 0 amide bonds. The van der Waals surface area contributed by atoms with E-state index < -0.39 is 11.7 Å². The molecule has 1 saturated heterocycles. The van der Waals surface area contributed by atoms with Gasteiger partial charge in [-0.3, -0.25) is 0 Å². The first kappa shape index (κ1) is 16.4. The average Bonchev–Trinajstić information content (AvgIpc) is 2.37. The van der Waals surface area contributed by atoms with E-state index in [1.165, 1.54) is 12.3 Å². The highest BCUT2D eigenvalue weighted by molar-refractivity contribution is 5.85. The predicted octanol–water partition coefficient (Wildman–Crippen LogP) is 3.43. The molecule has 1 aliphatic heterocycles. The van der Waals surface area contributed by atoms with Gasteiger partial charge in [0.15, 0.2) is 0 Å². The second-order valence-electron chi connectivity index (χ2n) is 5.75. The van der Waals surface area contributed by atoms with Crippen molar-refractivity contribution < 1.29 is 17.9 Å². The number of ether oxygens (including phenoxy) is 1. The predicted molar refractivity (Wildman–Crippen MR) is 74.7 cm³/mol. The first-order valence-corrected chi connectivity index (χ1v) is 6.88. The van der Waals surface area contributed by atoms with E-state index >= 15 is 0 Å². The van der Waals surface area contributed by atoms with E-state index in [2.05, 4.69) is 10.3 Å². The minimum atomic E-state index is -4.42. The van der Waals surface area contributed by atoms with Crippen molar-refractivity contribution in [1.29, 1.82) is 0 Å². The van der Waals surface area contributed by atoms with Crippen LogP contribution in [0.15, 0.2) is 18.3 Å². The third-order valence-electron chi connectivity index (χ3n) is 4.34. The van der Waals surface area contributed by atoms with Crippen LogP contribution in [0.1, 0.15) is 31.2 Å². The number of nitrogens with one attached hydrogen (secondary N) is 1. The Labute approximate surface area is 127 Å². The second kappa shape index (κ2) is 6.01. The zero-order chi connectivity index (χ0) is 14.2. The summed E-state index contributed by atoms with van der Waals surface area (Å²) in [6.45, 7) is 1.98. The summed E-state index contributed by atoms with van der Waals surface area (Å²) in [4.78, 5) is 3.75. The van der Waals surface area contributed by atoms with Gasteiger partial charge in [-0.25, -0.2) is 4.98 Å². The molecule has 3 rings (SSSR count). The van der Waals surface area contributed by atoms with E-state index in [0.717, 1.165) is 44.8 Å². The van der Waals surface area contributed by atoms with Crippen LogP contribution in [0.25, 0.3) is 0 Å². The zero-order valence-corrected chi connectivity index (χ0v) is 12.3. The molecule has 0 atom stereocenters. The molecule has 0 unspecified atom stereocenters. The Morgan fingerprint density at radius 1 is 1.24 bits per heavy atom. The summed E-state index contributed by atoms with van der Waals surface area (Å²) in [5.74, 6) is -0.284. The molecule has 7 heteroatoms. The standard InChI is InChI=1S/C14H17F3N2O.ClH/c15-14(16,17)11-2-1-5-19-12(11)20-10-8-13(9-10)3-6-18-7-4-13;/h1-2,5,10,18H,3-4,6-9H2;1H. The number of halogens is 4. The van der Waals surface area contributed by atoms with Crippen LogP contribution >= 0.6 is 12.4 Å². The van der Waals surface area contributed by atoms with Crippen LogP contribution in [0.3, 0.4) is 0 Å². The van der Waals surface area contributed by atoms with Crippen LogP contribution in [0, 0.1) is 5.41 Å².